The predicted octanol–water partition coefficient (Wildman–Crippen LogP) is 4.21. The summed E-state index contributed by atoms with van der Waals surface area (Å²) >= 11 is 6.20. The highest BCUT2D eigenvalue weighted by Gasteiger charge is 2.20. The van der Waals surface area contributed by atoms with Crippen LogP contribution in [0.2, 0.25) is 5.02 Å². The first kappa shape index (κ1) is 21.3. The van der Waals surface area contributed by atoms with Gasteiger partial charge in [-0.1, -0.05) is 17.7 Å². The number of amides is 1. The van der Waals surface area contributed by atoms with Crippen molar-refractivity contribution in [2.45, 2.75) is 19.9 Å². The van der Waals surface area contributed by atoms with Crippen LogP contribution in [-0.4, -0.2) is 26.2 Å². The van der Waals surface area contributed by atoms with Crippen molar-refractivity contribution in [2.24, 2.45) is 0 Å². The van der Waals surface area contributed by atoms with Gasteiger partial charge in [0.15, 0.2) is 11.5 Å². The van der Waals surface area contributed by atoms with E-state index in [9.17, 15) is 9.18 Å². The lowest BCUT2D eigenvalue weighted by atomic mass is 9.99. The fourth-order valence-corrected chi connectivity index (χ4v) is 3.23. The minimum absolute atomic E-state index is 0. The normalized spacial score (nSPS) is 12.6. The van der Waals surface area contributed by atoms with Crippen LogP contribution in [0.25, 0.3) is 0 Å². The first-order chi connectivity index (χ1) is 12.5. The summed E-state index contributed by atoms with van der Waals surface area (Å²) in [5.74, 6) is -0.135. The summed E-state index contributed by atoms with van der Waals surface area (Å²) in [6.45, 7) is 3.58. The molecule has 0 aromatic heterocycles. The van der Waals surface area contributed by atoms with Gasteiger partial charge in [-0.25, -0.2) is 4.39 Å². The minimum Gasteiger partial charge on any atom is -0.493 e. The zero-order valence-corrected chi connectivity index (χ0v) is 16.6. The van der Waals surface area contributed by atoms with Gasteiger partial charge in [-0.3, -0.25) is 4.79 Å². The van der Waals surface area contributed by atoms with Crippen molar-refractivity contribution in [3.05, 3.63) is 51.8 Å². The average Bonchev–Trinajstić information content (AvgIpc) is 2.65. The van der Waals surface area contributed by atoms with Crippen molar-refractivity contribution in [3.63, 3.8) is 0 Å². The summed E-state index contributed by atoms with van der Waals surface area (Å²) < 4.78 is 25.4. The second kappa shape index (κ2) is 9.26. The number of rotatable bonds is 5. The number of halogens is 3. The van der Waals surface area contributed by atoms with E-state index >= 15 is 0 Å². The third-order valence-corrected chi connectivity index (χ3v) is 4.52. The number of carbonyl (C=O) groups is 1. The van der Waals surface area contributed by atoms with E-state index in [1.807, 2.05) is 13.0 Å². The molecule has 5 nitrogen and oxygen atoms in total. The highest BCUT2D eigenvalue weighted by atomic mass is 35.5. The van der Waals surface area contributed by atoms with Gasteiger partial charge in [-0.05, 0) is 49.2 Å². The van der Waals surface area contributed by atoms with Crippen LogP contribution in [0.15, 0.2) is 24.3 Å². The van der Waals surface area contributed by atoms with E-state index in [1.165, 1.54) is 19.2 Å². The van der Waals surface area contributed by atoms with Crippen LogP contribution in [0.3, 0.4) is 0 Å². The number of anilines is 1. The van der Waals surface area contributed by atoms with Crippen molar-refractivity contribution in [1.82, 2.24) is 5.32 Å². The van der Waals surface area contributed by atoms with Crippen molar-refractivity contribution in [2.75, 3.05) is 25.6 Å². The Bertz CT molecular complexity index is 846. The van der Waals surface area contributed by atoms with E-state index in [0.717, 1.165) is 5.56 Å². The van der Waals surface area contributed by atoms with Crippen LogP contribution < -0.4 is 20.1 Å². The monoisotopic (exact) mass is 414 g/mol. The van der Waals surface area contributed by atoms with Crippen LogP contribution in [0.5, 0.6) is 11.5 Å². The lowest BCUT2D eigenvalue weighted by Gasteiger charge is -2.19. The Balaban J connectivity index is 0.00000261. The summed E-state index contributed by atoms with van der Waals surface area (Å²) in [7, 11) is 1.47. The molecule has 0 atom stereocenters. The maximum absolute atomic E-state index is 14.7. The van der Waals surface area contributed by atoms with Crippen molar-refractivity contribution < 1.29 is 18.7 Å². The first-order valence-corrected chi connectivity index (χ1v) is 8.75. The van der Waals surface area contributed by atoms with Crippen LogP contribution in [0.4, 0.5) is 10.1 Å². The van der Waals surface area contributed by atoms with Gasteiger partial charge in [0.25, 0.3) is 5.91 Å². The Labute approximate surface area is 168 Å². The number of hydrogen-bond donors (Lipinski definition) is 2. The summed E-state index contributed by atoms with van der Waals surface area (Å²) in [6.07, 6.45) is 0.591. The quantitative estimate of drug-likeness (QED) is 0.769. The maximum Gasteiger partial charge on any atom is 0.255 e. The second-order valence-corrected chi connectivity index (χ2v) is 6.28. The summed E-state index contributed by atoms with van der Waals surface area (Å²) in [5, 5.41) is 6.07. The van der Waals surface area contributed by atoms with Gasteiger partial charge < -0.3 is 20.1 Å². The molecule has 0 fully saturated rings. The number of benzene rings is 2. The molecule has 0 saturated carbocycles. The third-order valence-electron chi connectivity index (χ3n) is 4.24. The molecule has 1 amide bonds. The van der Waals surface area contributed by atoms with Crippen LogP contribution in [0.1, 0.15) is 28.4 Å². The Morgan fingerprint density at radius 2 is 2.15 bits per heavy atom. The Morgan fingerprint density at radius 1 is 1.37 bits per heavy atom. The third kappa shape index (κ3) is 4.46. The molecule has 27 heavy (non-hydrogen) atoms. The average molecular weight is 415 g/mol. The second-order valence-electron chi connectivity index (χ2n) is 5.87. The topological polar surface area (TPSA) is 59.6 Å². The number of ether oxygens (including phenoxy) is 2. The molecule has 146 valence electrons. The molecule has 1 aliphatic rings. The smallest absolute Gasteiger partial charge is 0.255 e. The predicted molar refractivity (Wildman–Crippen MR) is 106 cm³/mol. The molecule has 0 spiro atoms. The number of nitrogens with one attached hydrogen (secondary N) is 2. The lowest BCUT2D eigenvalue weighted by Crippen LogP contribution is -2.25. The minimum atomic E-state index is -0.471. The van der Waals surface area contributed by atoms with Gasteiger partial charge in [-0.2, -0.15) is 0 Å². The highest BCUT2D eigenvalue weighted by molar-refractivity contribution is 6.32. The summed E-state index contributed by atoms with van der Waals surface area (Å²) in [5.41, 5.74) is 1.97. The van der Waals surface area contributed by atoms with Gasteiger partial charge in [0.2, 0.25) is 0 Å². The molecule has 0 radical (unpaired) electrons. The standard InChI is InChI=1S/C19H20ClFN2O3.ClH/c1-3-26-18-14(20)8-12(9-16(18)25-2)19(24)23-15-5-4-11-10-22-7-6-13(11)17(15)21;/h4-5,8-9,22H,3,6-7,10H2,1-2H3,(H,23,24);1H. The molecule has 2 aromatic rings. The lowest BCUT2D eigenvalue weighted by molar-refractivity contribution is 0.102. The number of carbonyl (C=O) groups excluding carboxylic acids is 1. The van der Waals surface area contributed by atoms with E-state index in [4.69, 9.17) is 21.1 Å². The van der Waals surface area contributed by atoms with Gasteiger partial charge in [0, 0.05) is 12.1 Å². The van der Waals surface area contributed by atoms with E-state index < -0.39 is 5.91 Å². The maximum atomic E-state index is 14.7. The van der Waals surface area contributed by atoms with Gasteiger partial charge in [0.05, 0.1) is 24.4 Å². The van der Waals surface area contributed by atoms with Gasteiger partial charge in [-0.15, -0.1) is 12.4 Å². The molecule has 3 rings (SSSR count). The van der Waals surface area contributed by atoms with E-state index in [2.05, 4.69) is 10.6 Å². The van der Waals surface area contributed by atoms with Crippen LogP contribution in [0, 0.1) is 5.82 Å². The van der Waals surface area contributed by atoms with Crippen molar-refractivity contribution in [1.29, 1.82) is 0 Å². The molecule has 0 unspecified atom stereocenters. The van der Waals surface area contributed by atoms with E-state index in [0.29, 0.717) is 43.2 Å². The van der Waals surface area contributed by atoms with E-state index in [-0.39, 0.29) is 34.5 Å². The Morgan fingerprint density at radius 3 is 2.85 bits per heavy atom. The zero-order chi connectivity index (χ0) is 18.7. The van der Waals surface area contributed by atoms with Crippen LogP contribution >= 0.6 is 24.0 Å². The molecule has 1 aliphatic heterocycles. The molecule has 8 heteroatoms. The number of fused-ring (bicyclic) bond motifs is 1. The molecule has 2 N–H and O–H groups in total. The largest absolute Gasteiger partial charge is 0.493 e. The SMILES string of the molecule is CCOc1c(Cl)cc(C(=O)Nc2ccc3c(c2F)CCNC3)cc1OC.Cl. The fourth-order valence-electron chi connectivity index (χ4n) is 2.96. The first-order valence-electron chi connectivity index (χ1n) is 8.37. The molecule has 1 heterocycles. The van der Waals surface area contributed by atoms with E-state index in [1.54, 1.807) is 6.07 Å². The Kier molecular flexibility index (Phi) is 7.30. The highest BCUT2D eigenvalue weighted by Crippen LogP contribution is 2.36. The van der Waals surface area contributed by atoms with Crippen LogP contribution in [-0.2, 0) is 13.0 Å². The molecule has 0 saturated heterocycles. The van der Waals surface area contributed by atoms with Crippen molar-refractivity contribution >= 4 is 35.6 Å². The van der Waals surface area contributed by atoms with Crippen molar-refractivity contribution in [3.8, 4) is 11.5 Å². The van der Waals surface area contributed by atoms with Gasteiger partial charge >= 0.3 is 0 Å². The molecule has 0 bridgehead atoms. The molecule has 2 aromatic carbocycles. The molecular formula is C19H21Cl2FN2O3. The summed E-state index contributed by atoms with van der Waals surface area (Å²) in [6, 6.07) is 6.40. The fraction of sp³-hybridized carbons (Fsp3) is 0.316. The Hall–Kier alpha value is -2.02. The number of hydrogen-bond acceptors (Lipinski definition) is 4. The van der Waals surface area contributed by atoms with Gasteiger partial charge in [0.1, 0.15) is 5.82 Å². The number of methoxy groups -OCH3 is 1. The molecular weight excluding hydrogens is 394 g/mol. The summed E-state index contributed by atoms with van der Waals surface area (Å²) in [4.78, 5) is 12.6. The zero-order valence-electron chi connectivity index (χ0n) is 15.0. The molecule has 0 aliphatic carbocycles.